The molecule has 1 aromatic rings. The molecule has 2 heterocycles. The number of allylic oxidation sites excluding steroid dienone is 6. The van der Waals surface area contributed by atoms with Crippen LogP contribution in [0.15, 0.2) is 67.8 Å². The van der Waals surface area contributed by atoms with E-state index in [2.05, 4.69) is 5.32 Å². The third kappa shape index (κ3) is 8.68. The standard InChI is InChI=1S/C26H34IN3O8/c1-29-15-19-11-12-21(38-19)16-7-5-4-6-8-20(30(2)3)24(34)23(26(28)36)25(35)27(37)22(33)14-18(32)13-17(31)10-9-16/h7,9-14,20,29,31,33-34,37H,4-6,8,15H2,1-3H3,(H2,28,36)/b10-9-,16-7-,17-13-,22-14-,24-23-/t20-/m0/s1. The van der Waals surface area contributed by atoms with Gasteiger partial charge in [0.05, 0.1) is 0 Å². The first-order valence-electron chi connectivity index (χ1n) is 11.8. The average Bonchev–Trinajstić information content (AvgIpc) is 3.29. The Kier molecular flexibility index (Phi) is 12.0. The molecule has 11 nitrogen and oxygen atoms in total. The second-order valence-corrected chi connectivity index (χ2v) is 12.2. The van der Waals surface area contributed by atoms with Crippen LogP contribution in [0.1, 0.15) is 37.2 Å². The van der Waals surface area contributed by atoms with Crippen molar-refractivity contribution in [2.24, 2.45) is 5.73 Å². The van der Waals surface area contributed by atoms with Gasteiger partial charge in [0.15, 0.2) is 0 Å². The summed E-state index contributed by atoms with van der Waals surface area (Å²) in [6.45, 7) is 0.529. The summed E-state index contributed by atoms with van der Waals surface area (Å²) >= 11 is -4.17. The van der Waals surface area contributed by atoms with E-state index in [-0.39, 0.29) is 0 Å². The van der Waals surface area contributed by atoms with Crippen molar-refractivity contribution in [3.05, 3.63) is 74.9 Å². The molecule has 0 unspecified atom stereocenters. The van der Waals surface area contributed by atoms with E-state index >= 15 is 0 Å². The number of rotatable bonds is 5. The number of halogens is 1. The van der Waals surface area contributed by atoms with E-state index in [1.807, 2.05) is 12.1 Å². The molecule has 7 N–H and O–H groups in total. The fraction of sp³-hybridized carbons (Fsp3) is 0.346. The Morgan fingerprint density at radius 3 is 2.50 bits per heavy atom. The zero-order valence-electron chi connectivity index (χ0n) is 21.5. The number of nitrogens with one attached hydrogen (secondary N) is 1. The van der Waals surface area contributed by atoms with E-state index in [1.54, 1.807) is 38.2 Å². The summed E-state index contributed by atoms with van der Waals surface area (Å²) in [7, 11) is 5.10. The van der Waals surface area contributed by atoms with Crippen LogP contribution in [0.5, 0.6) is 0 Å². The van der Waals surface area contributed by atoms with Crippen LogP contribution in [0, 0.1) is 0 Å². The first-order chi connectivity index (χ1) is 18.0. The molecule has 1 aliphatic rings. The van der Waals surface area contributed by atoms with Gasteiger partial charge in [-0.25, -0.2) is 0 Å². The summed E-state index contributed by atoms with van der Waals surface area (Å²) in [6, 6.07) is 2.86. The van der Waals surface area contributed by atoms with Crippen molar-refractivity contribution >= 4 is 41.3 Å². The van der Waals surface area contributed by atoms with Gasteiger partial charge in [-0.05, 0) is 7.05 Å². The second-order valence-electron chi connectivity index (χ2n) is 8.65. The number of ketones is 1. The van der Waals surface area contributed by atoms with Crippen LogP contribution in [0.2, 0.25) is 0 Å². The molecule has 0 bridgehead atoms. The number of hydrogen-bond acceptors (Lipinski definition) is 10. The third-order valence-corrected chi connectivity index (χ3v) is 8.39. The van der Waals surface area contributed by atoms with Crippen LogP contribution in [0.4, 0.5) is 0 Å². The van der Waals surface area contributed by atoms with Crippen molar-refractivity contribution in [2.75, 3.05) is 21.1 Å². The molecular formula is C26H34IN3O8. The first-order valence-corrected chi connectivity index (χ1v) is 14.9. The molecule has 38 heavy (non-hydrogen) atoms. The molecule has 0 aliphatic carbocycles. The number of likely N-dealkylation sites (N-methyl/N-ethyl adjacent to an activating group) is 1. The van der Waals surface area contributed by atoms with Gasteiger partial charge in [-0.3, -0.25) is 0 Å². The quantitative estimate of drug-likeness (QED) is 0.158. The third-order valence-electron chi connectivity index (χ3n) is 5.56. The van der Waals surface area contributed by atoms with Crippen molar-refractivity contribution in [3.63, 3.8) is 0 Å². The molecule has 1 amide bonds. The predicted octanol–water partition coefficient (Wildman–Crippen LogP) is 3.09. The molecule has 0 aromatic carbocycles. The molecule has 0 saturated carbocycles. The number of primary amides is 1. The molecule has 1 aromatic heterocycles. The van der Waals surface area contributed by atoms with Gasteiger partial charge in [-0.15, -0.1) is 0 Å². The van der Waals surface area contributed by atoms with E-state index in [0.29, 0.717) is 55.4 Å². The van der Waals surface area contributed by atoms with Crippen LogP contribution >= 0.6 is 20.2 Å². The van der Waals surface area contributed by atoms with Crippen LogP contribution in [0.25, 0.3) is 5.57 Å². The molecule has 1 aliphatic heterocycles. The van der Waals surface area contributed by atoms with Crippen molar-refractivity contribution in [1.29, 1.82) is 0 Å². The Morgan fingerprint density at radius 2 is 1.87 bits per heavy atom. The van der Waals surface area contributed by atoms with Crippen molar-refractivity contribution in [2.45, 2.75) is 38.3 Å². The zero-order valence-corrected chi connectivity index (χ0v) is 23.6. The summed E-state index contributed by atoms with van der Waals surface area (Å²) in [5.74, 6) is -1.93. The van der Waals surface area contributed by atoms with Gasteiger partial charge in [0.1, 0.15) is 0 Å². The zero-order chi connectivity index (χ0) is 28.4. The van der Waals surface area contributed by atoms with Crippen molar-refractivity contribution < 1.29 is 37.6 Å². The van der Waals surface area contributed by atoms with Gasteiger partial charge in [0, 0.05) is 0 Å². The minimum atomic E-state index is -4.17. The number of carbonyl (C=O) groups is 3. The maximum atomic E-state index is 12.8. The summed E-state index contributed by atoms with van der Waals surface area (Å²) in [4.78, 5) is 38.8. The Labute approximate surface area is 228 Å². The second kappa shape index (κ2) is 14.7. The van der Waals surface area contributed by atoms with E-state index in [0.717, 1.165) is 6.08 Å². The average molecular weight is 643 g/mol. The molecule has 0 radical (unpaired) electrons. The van der Waals surface area contributed by atoms with Crippen LogP contribution < -0.4 is 11.1 Å². The Bertz CT molecular complexity index is 1190. The van der Waals surface area contributed by atoms with Gasteiger partial charge >= 0.3 is 217 Å². The van der Waals surface area contributed by atoms with Gasteiger partial charge < -0.3 is 5.32 Å². The fourth-order valence-corrected chi connectivity index (χ4v) is 5.84. The Balaban J connectivity index is 2.53. The van der Waals surface area contributed by atoms with Gasteiger partial charge in [0.2, 0.25) is 0 Å². The van der Waals surface area contributed by atoms with Gasteiger partial charge in [-0.1, -0.05) is 0 Å². The molecule has 1 atom stereocenters. The molecule has 12 heteroatoms. The number of nitrogens with two attached hydrogens (primary N) is 1. The summed E-state index contributed by atoms with van der Waals surface area (Å²) < 4.78 is 14.2. The molecule has 0 spiro atoms. The monoisotopic (exact) mass is 643 g/mol. The Morgan fingerprint density at radius 1 is 1.16 bits per heavy atom. The van der Waals surface area contributed by atoms with Crippen LogP contribution in [-0.4, -0.2) is 66.3 Å². The number of aliphatic hydroxyl groups is 3. The SMILES string of the molecule is CNCc1ccc(C2=C\CCCC[C@H](N(C)C)/C(O)=C(/C(N)=O)C(=O)I(O)/C(O)=C/C(=O)/C=C(O)/C=C\2)o1. The molecule has 2 rings (SSSR count). The van der Waals surface area contributed by atoms with E-state index in [9.17, 15) is 33.1 Å². The van der Waals surface area contributed by atoms with Crippen LogP contribution in [-0.2, 0) is 20.9 Å². The number of hydrogen-bond donors (Lipinski definition) is 6. The summed E-state index contributed by atoms with van der Waals surface area (Å²) in [5, 5.41) is 34.3. The Hall–Kier alpha value is -3.20. The first kappa shape index (κ1) is 31.0. The molecule has 0 saturated heterocycles. The van der Waals surface area contributed by atoms with Crippen LogP contribution in [0.3, 0.4) is 0 Å². The van der Waals surface area contributed by atoms with E-state index in [4.69, 9.17) is 10.2 Å². The number of carbonyl (C=O) groups excluding carboxylic acids is 3. The van der Waals surface area contributed by atoms with Gasteiger partial charge in [0.25, 0.3) is 0 Å². The van der Waals surface area contributed by atoms with E-state index < -0.39 is 62.6 Å². The molecule has 0 fully saturated rings. The summed E-state index contributed by atoms with van der Waals surface area (Å²) in [5.41, 5.74) is 5.22. The normalized spacial score (nSPS) is 26.9. The topological polar surface area (TPSA) is 187 Å². The number of furan rings is 1. The van der Waals surface area contributed by atoms with Crippen molar-refractivity contribution in [1.82, 2.24) is 10.2 Å². The number of amides is 1. The maximum absolute atomic E-state index is 12.8. The predicted molar refractivity (Wildman–Crippen MR) is 151 cm³/mol. The summed E-state index contributed by atoms with van der Waals surface area (Å²) in [6.07, 6.45) is 8.37. The molecule has 208 valence electrons. The van der Waals surface area contributed by atoms with Gasteiger partial charge in [-0.2, -0.15) is 0 Å². The van der Waals surface area contributed by atoms with Crippen molar-refractivity contribution in [3.8, 4) is 0 Å². The number of aliphatic hydroxyl groups excluding tert-OH is 3. The fourth-order valence-electron chi connectivity index (χ4n) is 3.68. The molecular weight excluding hydrogens is 609 g/mol. The minimum absolute atomic E-state index is 0.360. The number of nitrogens with zero attached hydrogens (tertiary/aromatic N) is 1. The van der Waals surface area contributed by atoms with E-state index in [1.165, 1.54) is 6.08 Å².